The molecule has 7 nitrogen and oxygen atoms in total. The Bertz CT molecular complexity index is 881. The number of hydroxylamine groups is 1. The van der Waals surface area contributed by atoms with Crippen molar-refractivity contribution in [3.8, 4) is 17.2 Å². The van der Waals surface area contributed by atoms with Gasteiger partial charge in [0.1, 0.15) is 22.8 Å². The molecule has 0 aromatic heterocycles. The number of benzene rings is 2. The molecule has 5 N–H and O–H groups in total. The summed E-state index contributed by atoms with van der Waals surface area (Å²) >= 11 is 3.38. The molecule has 2 aromatic rings. The summed E-state index contributed by atoms with van der Waals surface area (Å²) in [6.45, 7) is 0. The van der Waals surface area contributed by atoms with Crippen molar-refractivity contribution < 1.29 is 30.1 Å². The fourth-order valence-corrected chi connectivity index (χ4v) is 3.37. The van der Waals surface area contributed by atoms with E-state index in [4.69, 9.17) is 9.94 Å². The largest absolute Gasteiger partial charge is 0.508 e. The number of nitrogens with one attached hydrogen (secondary N) is 1. The van der Waals surface area contributed by atoms with Crippen LogP contribution < -0.4 is 10.2 Å². The van der Waals surface area contributed by atoms with Gasteiger partial charge < -0.3 is 20.1 Å². The number of aliphatic hydroxyl groups is 1. The Labute approximate surface area is 150 Å². The van der Waals surface area contributed by atoms with Crippen molar-refractivity contribution in [1.82, 2.24) is 5.48 Å². The number of ether oxygens (including phenoxy) is 1. The Morgan fingerprint density at radius 3 is 2.64 bits per heavy atom. The zero-order valence-corrected chi connectivity index (χ0v) is 14.3. The lowest BCUT2D eigenvalue weighted by Gasteiger charge is -2.35. The monoisotopic (exact) mass is 407 g/mol. The van der Waals surface area contributed by atoms with Crippen molar-refractivity contribution in [3.05, 3.63) is 58.3 Å². The van der Waals surface area contributed by atoms with E-state index in [1.54, 1.807) is 24.3 Å². The molecule has 130 valence electrons. The van der Waals surface area contributed by atoms with E-state index in [9.17, 15) is 20.1 Å². The molecule has 3 rings (SSSR count). The van der Waals surface area contributed by atoms with E-state index in [1.165, 1.54) is 17.8 Å². The van der Waals surface area contributed by atoms with E-state index >= 15 is 0 Å². The molecule has 1 amide bonds. The predicted molar refractivity (Wildman–Crippen MR) is 91.0 cm³/mol. The van der Waals surface area contributed by atoms with Gasteiger partial charge in [-0.3, -0.25) is 10.0 Å². The van der Waals surface area contributed by atoms with Crippen LogP contribution in [0.3, 0.4) is 0 Å². The Morgan fingerprint density at radius 1 is 1.24 bits per heavy atom. The first kappa shape index (κ1) is 17.3. The molecule has 0 aliphatic carbocycles. The third-order valence-corrected chi connectivity index (χ3v) is 4.63. The molecule has 0 fully saturated rings. The molecule has 1 heterocycles. The van der Waals surface area contributed by atoms with Crippen molar-refractivity contribution in [2.75, 3.05) is 0 Å². The standard InChI is InChI=1S/C17H14BrNO6/c18-12-4-2-1-3-10(12)11-8-25-14-6-9(20)5-13(21)16(14)17(11,23)7-15(22)19-24/h1-6,8,20-21,23-24H,7H2,(H,19,22). The average molecular weight is 408 g/mol. The van der Waals surface area contributed by atoms with Gasteiger partial charge in [-0.05, 0) is 11.6 Å². The third kappa shape index (κ3) is 2.95. The maximum absolute atomic E-state index is 11.8. The first-order valence-corrected chi connectivity index (χ1v) is 8.00. The number of carbonyl (C=O) groups excluding carboxylic acids is 1. The maximum Gasteiger partial charge on any atom is 0.246 e. The molecule has 0 saturated heterocycles. The highest BCUT2D eigenvalue weighted by Gasteiger charge is 2.45. The molecule has 0 bridgehead atoms. The molecule has 0 saturated carbocycles. The second-order valence-electron chi connectivity index (χ2n) is 5.54. The van der Waals surface area contributed by atoms with Gasteiger partial charge in [0.25, 0.3) is 0 Å². The van der Waals surface area contributed by atoms with E-state index in [-0.39, 0.29) is 22.6 Å². The molecule has 2 aromatic carbocycles. The van der Waals surface area contributed by atoms with Gasteiger partial charge in [0.05, 0.1) is 18.2 Å². The van der Waals surface area contributed by atoms with Crippen LogP contribution in [0.15, 0.2) is 47.1 Å². The van der Waals surface area contributed by atoms with Gasteiger partial charge in [-0.15, -0.1) is 0 Å². The highest BCUT2D eigenvalue weighted by atomic mass is 79.9. The molecular weight excluding hydrogens is 394 g/mol. The Morgan fingerprint density at radius 2 is 1.96 bits per heavy atom. The summed E-state index contributed by atoms with van der Waals surface area (Å²) in [4.78, 5) is 11.8. The average Bonchev–Trinajstić information content (AvgIpc) is 2.55. The third-order valence-electron chi connectivity index (χ3n) is 3.93. The van der Waals surface area contributed by atoms with Crippen molar-refractivity contribution in [2.45, 2.75) is 12.0 Å². The maximum atomic E-state index is 11.8. The van der Waals surface area contributed by atoms with Gasteiger partial charge in [0.2, 0.25) is 5.91 Å². The highest BCUT2D eigenvalue weighted by Crippen LogP contribution is 2.51. The number of phenolic OH excluding ortho intramolecular Hbond substituents is 2. The van der Waals surface area contributed by atoms with Crippen molar-refractivity contribution in [2.24, 2.45) is 0 Å². The first-order chi connectivity index (χ1) is 11.9. The van der Waals surface area contributed by atoms with Crippen LogP contribution >= 0.6 is 15.9 Å². The predicted octanol–water partition coefficient (Wildman–Crippen LogP) is 2.38. The van der Waals surface area contributed by atoms with Crippen LogP contribution in [0.25, 0.3) is 5.57 Å². The number of hydrogen-bond donors (Lipinski definition) is 5. The quantitative estimate of drug-likeness (QED) is 0.393. The SMILES string of the molecule is O=C(CC1(O)C(c2ccccc2Br)=COc2cc(O)cc(O)c21)NO. The lowest BCUT2D eigenvalue weighted by Crippen LogP contribution is -2.37. The molecule has 1 aliphatic heterocycles. The minimum atomic E-state index is -2.00. The summed E-state index contributed by atoms with van der Waals surface area (Å²) in [5.74, 6) is -1.56. The van der Waals surface area contributed by atoms with Crippen LogP contribution in [-0.2, 0) is 10.4 Å². The number of carbonyl (C=O) groups is 1. The Hall–Kier alpha value is -2.55. The summed E-state index contributed by atoms with van der Waals surface area (Å²) in [5.41, 5.74) is 0.138. The number of halogens is 1. The number of rotatable bonds is 3. The van der Waals surface area contributed by atoms with Crippen LogP contribution in [-0.4, -0.2) is 26.4 Å². The fraction of sp³-hybridized carbons (Fsp3) is 0.118. The fourth-order valence-electron chi connectivity index (χ4n) is 2.87. The summed E-state index contributed by atoms with van der Waals surface area (Å²) in [5, 5.41) is 40.1. The normalized spacial score (nSPS) is 18.8. The van der Waals surface area contributed by atoms with Crippen molar-refractivity contribution in [1.29, 1.82) is 0 Å². The van der Waals surface area contributed by atoms with Gasteiger partial charge >= 0.3 is 0 Å². The van der Waals surface area contributed by atoms with Crippen LogP contribution in [0.1, 0.15) is 17.5 Å². The molecule has 1 unspecified atom stereocenters. The molecular formula is C17H14BrNO6. The number of phenols is 2. The molecule has 25 heavy (non-hydrogen) atoms. The Kier molecular flexibility index (Phi) is 4.42. The van der Waals surface area contributed by atoms with Gasteiger partial charge in [-0.1, -0.05) is 34.1 Å². The first-order valence-electron chi connectivity index (χ1n) is 7.21. The highest BCUT2D eigenvalue weighted by molar-refractivity contribution is 9.10. The van der Waals surface area contributed by atoms with E-state index in [2.05, 4.69) is 15.9 Å². The number of aromatic hydroxyl groups is 2. The van der Waals surface area contributed by atoms with Crippen LogP contribution in [0.5, 0.6) is 17.2 Å². The molecule has 0 radical (unpaired) electrons. The van der Waals surface area contributed by atoms with Crippen LogP contribution in [0.2, 0.25) is 0 Å². The zero-order chi connectivity index (χ0) is 18.2. The van der Waals surface area contributed by atoms with Crippen LogP contribution in [0.4, 0.5) is 0 Å². The molecule has 1 atom stereocenters. The lowest BCUT2D eigenvalue weighted by atomic mass is 9.78. The summed E-state index contributed by atoms with van der Waals surface area (Å²) in [6, 6.07) is 9.20. The Balaban J connectivity index is 2.24. The molecule has 1 aliphatic rings. The smallest absolute Gasteiger partial charge is 0.246 e. The number of amides is 1. The van der Waals surface area contributed by atoms with E-state index in [1.807, 2.05) is 0 Å². The summed E-state index contributed by atoms with van der Waals surface area (Å²) in [6.07, 6.45) is 0.664. The number of hydrogen-bond acceptors (Lipinski definition) is 6. The van der Waals surface area contributed by atoms with Gasteiger partial charge in [-0.25, -0.2) is 5.48 Å². The van der Waals surface area contributed by atoms with Crippen molar-refractivity contribution in [3.63, 3.8) is 0 Å². The lowest BCUT2D eigenvalue weighted by molar-refractivity contribution is -0.133. The summed E-state index contributed by atoms with van der Waals surface area (Å²) in [7, 11) is 0. The second-order valence-corrected chi connectivity index (χ2v) is 6.39. The number of fused-ring (bicyclic) bond motifs is 1. The van der Waals surface area contributed by atoms with Crippen molar-refractivity contribution >= 4 is 27.4 Å². The minimum absolute atomic E-state index is 0.00143. The zero-order valence-electron chi connectivity index (χ0n) is 12.7. The van der Waals surface area contributed by atoms with Gasteiger partial charge in [0.15, 0.2) is 0 Å². The van der Waals surface area contributed by atoms with E-state index in [0.29, 0.717) is 10.0 Å². The topological polar surface area (TPSA) is 119 Å². The van der Waals surface area contributed by atoms with E-state index in [0.717, 1.165) is 6.07 Å². The van der Waals surface area contributed by atoms with E-state index < -0.39 is 23.7 Å². The minimum Gasteiger partial charge on any atom is -0.508 e. The van der Waals surface area contributed by atoms with Crippen LogP contribution in [0, 0.1) is 0 Å². The second kappa shape index (κ2) is 6.40. The van der Waals surface area contributed by atoms with Gasteiger partial charge in [0, 0.05) is 22.2 Å². The van der Waals surface area contributed by atoms with Gasteiger partial charge in [-0.2, -0.15) is 0 Å². The molecule has 0 spiro atoms. The molecule has 8 heteroatoms. The summed E-state index contributed by atoms with van der Waals surface area (Å²) < 4.78 is 6.09.